The van der Waals surface area contributed by atoms with E-state index in [0.29, 0.717) is 40.9 Å². The Morgan fingerprint density at radius 2 is 1.97 bits per heavy atom. The third kappa shape index (κ3) is 5.16. The van der Waals surface area contributed by atoms with E-state index in [1.165, 1.54) is 12.4 Å². The fourth-order valence-corrected chi connectivity index (χ4v) is 4.65. The molecule has 0 bridgehead atoms. The number of benzene rings is 1. The zero-order chi connectivity index (χ0) is 25.9. The van der Waals surface area contributed by atoms with Gasteiger partial charge in [0.2, 0.25) is 5.95 Å². The second kappa shape index (κ2) is 10.4. The van der Waals surface area contributed by atoms with E-state index < -0.39 is 5.91 Å². The number of fused-ring (bicyclic) bond motifs is 1. The topological polar surface area (TPSA) is 145 Å². The van der Waals surface area contributed by atoms with E-state index in [1.807, 2.05) is 24.3 Å². The number of nitrogens with two attached hydrogens (primary N) is 1. The lowest BCUT2D eigenvalue weighted by atomic mass is 9.98. The first-order valence-corrected chi connectivity index (χ1v) is 12.5. The van der Waals surface area contributed by atoms with Gasteiger partial charge in [0.05, 0.1) is 17.9 Å². The Bertz CT molecular complexity index is 1470. The molecule has 1 amide bonds. The van der Waals surface area contributed by atoms with Gasteiger partial charge in [-0.05, 0) is 37.3 Å². The fraction of sp³-hybridized carbons (Fsp3) is 0.385. The van der Waals surface area contributed by atoms with Crippen molar-refractivity contribution in [2.24, 2.45) is 18.7 Å². The third-order valence-electron chi connectivity index (χ3n) is 6.66. The molecule has 0 unspecified atom stereocenters. The van der Waals surface area contributed by atoms with Crippen LogP contribution in [0.2, 0.25) is 0 Å². The number of rotatable bonds is 8. The molecular weight excluding hydrogens is 472 g/mol. The lowest BCUT2D eigenvalue weighted by Gasteiger charge is -2.31. The Morgan fingerprint density at radius 1 is 1.22 bits per heavy atom. The molecule has 0 radical (unpaired) electrons. The molecule has 0 saturated carbocycles. The maximum Gasteiger partial charge on any atom is 0.277 e. The Kier molecular flexibility index (Phi) is 6.85. The van der Waals surface area contributed by atoms with Crippen LogP contribution in [-0.2, 0) is 13.5 Å². The Morgan fingerprint density at radius 3 is 2.68 bits per heavy atom. The Balaban J connectivity index is 1.23. The van der Waals surface area contributed by atoms with Gasteiger partial charge in [0.15, 0.2) is 5.52 Å². The summed E-state index contributed by atoms with van der Waals surface area (Å²) in [5.41, 5.74) is 8.11. The number of aryl methyl sites for hydroxylation is 2. The summed E-state index contributed by atoms with van der Waals surface area (Å²) in [6, 6.07) is 7.63. The van der Waals surface area contributed by atoms with Gasteiger partial charge >= 0.3 is 0 Å². The van der Waals surface area contributed by atoms with Crippen molar-refractivity contribution < 1.29 is 9.53 Å². The molecule has 1 saturated heterocycles. The number of carbonyl (C=O) groups excluding carboxylic acids is 1. The van der Waals surface area contributed by atoms with Crippen LogP contribution < -0.4 is 20.9 Å². The molecule has 3 N–H and O–H groups in total. The van der Waals surface area contributed by atoms with Gasteiger partial charge in [-0.1, -0.05) is 25.5 Å². The number of hydrogen-bond donors (Lipinski definition) is 2. The fourth-order valence-electron chi connectivity index (χ4n) is 4.65. The van der Waals surface area contributed by atoms with Crippen molar-refractivity contribution in [3.8, 4) is 17.1 Å². The molecule has 192 valence electrons. The predicted octanol–water partition coefficient (Wildman–Crippen LogP) is 2.46. The van der Waals surface area contributed by atoms with Crippen molar-refractivity contribution in [2.45, 2.75) is 32.6 Å². The van der Waals surface area contributed by atoms with Crippen LogP contribution in [0.1, 0.15) is 42.2 Å². The molecule has 1 fully saturated rings. The van der Waals surface area contributed by atoms with Crippen LogP contribution in [-0.4, -0.2) is 55.3 Å². The standard InChI is InChI=1S/C26H30N8O3/c1-3-5-20-21-22(33(2)32-20)25(36)31-24(30-21)17-6-4-7-19(12-17)37-15-16-8-10-34(11-9-16)26-28-13-18(14-29-26)23(27)35/h4,6-7,12-14,16H,3,5,8-11,15H2,1-2H3,(H2,27,35)(H,30,31,36). The molecule has 4 heterocycles. The van der Waals surface area contributed by atoms with Gasteiger partial charge in [0, 0.05) is 38.1 Å². The summed E-state index contributed by atoms with van der Waals surface area (Å²) in [5.74, 6) is 1.70. The first-order chi connectivity index (χ1) is 17.9. The van der Waals surface area contributed by atoms with Gasteiger partial charge in [0.25, 0.3) is 11.5 Å². The van der Waals surface area contributed by atoms with E-state index in [1.54, 1.807) is 11.7 Å². The number of piperidine rings is 1. The number of H-pyrrole nitrogens is 1. The molecule has 5 rings (SSSR count). The summed E-state index contributed by atoms with van der Waals surface area (Å²) in [6.45, 7) is 4.28. The van der Waals surface area contributed by atoms with Crippen molar-refractivity contribution in [2.75, 3.05) is 24.6 Å². The zero-order valence-corrected chi connectivity index (χ0v) is 21.0. The van der Waals surface area contributed by atoms with Gasteiger partial charge in [-0.3, -0.25) is 14.3 Å². The second-order valence-electron chi connectivity index (χ2n) is 9.34. The minimum Gasteiger partial charge on any atom is -0.493 e. The molecule has 11 nitrogen and oxygen atoms in total. The lowest BCUT2D eigenvalue weighted by molar-refractivity contribution is 0.0999. The summed E-state index contributed by atoms with van der Waals surface area (Å²) in [4.78, 5) is 42.3. The Hall–Kier alpha value is -4.28. The summed E-state index contributed by atoms with van der Waals surface area (Å²) < 4.78 is 7.74. The van der Waals surface area contributed by atoms with Crippen LogP contribution in [0.25, 0.3) is 22.4 Å². The SMILES string of the molecule is CCCc1nn(C)c2c(=O)[nH]c(-c3cccc(OCC4CCN(c5ncc(C(N)=O)cn5)CC4)c3)nc12. The van der Waals surface area contributed by atoms with E-state index in [2.05, 4.69) is 31.9 Å². The van der Waals surface area contributed by atoms with Gasteiger partial charge in [-0.15, -0.1) is 0 Å². The number of aromatic nitrogens is 6. The molecule has 37 heavy (non-hydrogen) atoms. The van der Waals surface area contributed by atoms with E-state index in [0.717, 1.165) is 55.8 Å². The van der Waals surface area contributed by atoms with E-state index in [4.69, 9.17) is 15.5 Å². The lowest BCUT2D eigenvalue weighted by Crippen LogP contribution is -2.36. The molecule has 11 heteroatoms. The molecule has 1 aliphatic heterocycles. The highest BCUT2D eigenvalue weighted by atomic mass is 16.5. The van der Waals surface area contributed by atoms with Crippen LogP contribution in [0, 0.1) is 5.92 Å². The van der Waals surface area contributed by atoms with Gasteiger partial charge in [0.1, 0.15) is 17.1 Å². The van der Waals surface area contributed by atoms with Gasteiger partial charge in [-0.2, -0.15) is 5.10 Å². The zero-order valence-electron chi connectivity index (χ0n) is 21.0. The molecule has 0 spiro atoms. The summed E-state index contributed by atoms with van der Waals surface area (Å²) in [7, 11) is 1.77. The molecule has 1 aliphatic rings. The minimum atomic E-state index is -0.535. The number of carbonyl (C=O) groups is 1. The summed E-state index contributed by atoms with van der Waals surface area (Å²) >= 11 is 0. The number of aromatic amines is 1. The highest BCUT2D eigenvalue weighted by Crippen LogP contribution is 2.25. The first-order valence-electron chi connectivity index (χ1n) is 12.5. The average Bonchev–Trinajstić information content (AvgIpc) is 3.23. The molecule has 4 aromatic rings. The van der Waals surface area contributed by atoms with E-state index in [-0.39, 0.29) is 5.56 Å². The van der Waals surface area contributed by atoms with Crippen molar-refractivity contribution in [3.63, 3.8) is 0 Å². The smallest absolute Gasteiger partial charge is 0.277 e. The van der Waals surface area contributed by atoms with Crippen LogP contribution in [0.15, 0.2) is 41.5 Å². The van der Waals surface area contributed by atoms with Crippen LogP contribution in [0.3, 0.4) is 0 Å². The largest absolute Gasteiger partial charge is 0.493 e. The van der Waals surface area contributed by atoms with Crippen molar-refractivity contribution in [1.29, 1.82) is 0 Å². The maximum absolute atomic E-state index is 12.8. The van der Waals surface area contributed by atoms with Crippen LogP contribution >= 0.6 is 0 Å². The van der Waals surface area contributed by atoms with Crippen LogP contribution in [0.5, 0.6) is 5.75 Å². The number of hydrogen-bond acceptors (Lipinski definition) is 8. The molecular formula is C26H30N8O3. The van der Waals surface area contributed by atoms with Crippen molar-refractivity contribution in [3.05, 3.63) is 58.3 Å². The second-order valence-corrected chi connectivity index (χ2v) is 9.34. The normalized spacial score (nSPS) is 14.3. The van der Waals surface area contributed by atoms with E-state index >= 15 is 0 Å². The highest BCUT2D eigenvalue weighted by molar-refractivity contribution is 5.92. The number of nitrogens with zero attached hydrogens (tertiary/aromatic N) is 6. The molecule has 0 aliphatic carbocycles. The minimum absolute atomic E-state index is 0.205. The van der Waals surface area contributed by atoms with Gasteiger partial charge in [-0.25, -0.2) is 15.0 Å². The maximum atomic E-state index is 12.8. The number of amides is 1. The van der Waals surface area contributed by atoms with E-state index in [9.17, 15) is 9.59 Å². The molecule has 0 atom stereocenters. The van der Waals surface area contributed by atoms with Crippen molar-refractivity contribution in [1.82, 2.24) is 29.7 Å². The third-order valence-corrected chi connectivity index (χ3v) is 6.66. The summed E-state index contributed by atoms with van der Waals surface area (Å²) in [6.07, 6.45) is 6.49. The monoisotopic (exact) mass is 502 g/mol. The van der Waals surface area contributed by atoms with Gasteiger partial charge < -0.3 is 20.4 Å². The predicted molar refractivity (Wildman–Crippen MR) is 140 cm³/mol. The number of ether oxygens (including phenoxy) is 1. The van der Waals surface area contributed by atoms with Crippen molar-refractivity contribution >= 4 is 22.9 Å². The first kappa shape index (κ1) is 24.4. The average molecular weight is 503 g/mol. The number of primary amides is 1. The summed E-state index contributed by atoms with van der Waals surface area (Å²) in [5, 5.41) is 4.49. The number of nitrogens with one attached hydrogen (secondary N) is 1. The Labute approximate surface area is 213 Å². The molecule has 1 aromatic carbocycles. The highest BCUT2D eigenvalue weighted by Gasteiger charge is 2.22. The quantitative estimate of drug-likeness (QED) is 0.374. The molecule has 3 aromatic heterocycles. The number of anilines is 1. The van der Waals surface area contributed by atoms with Crippen LogP contribution in [0.4, 0.5) is 5.95 Å².